The minimum Gasteiger partial charge on any atom is -0.497 e. The number of rotatable bonds is 15. The predicted octanol–water partition coefficient (Wildman–Crippen LogP) is 8.74. The van der Waals surface area contributed by atoms with E-state index in [2.05, 4.69) is 42.2 Å². The van der Waals surface area contributed by atoms with Crippen LogP contribution in [0.15, 0.2) is 42.5 Å². The van der Waals surface area contributed by atoms with E-state index in [0.717, 1.165) is 43.3 Å². The molecule has 0 radical (unpaired) electrons. The monoisotopic (exact) mass is 471 g/mol. The molecule has 0 N–H and O–H groups in total. The number of unbranched alkanes of at least 4 members (excludes halogenated alkanes) is 9. The molecule has 182 valence electrons. The van der Waals surface area contributed by atoms with E-state index in [0.29, 0.717) is 0 Å². The molecule has 2 aromatic rings. The zero-order chi connectivity index (χ0) is 23.3. The second-order valence-corrected chi connectivity index (χ2v) is 9.74. The van der Waals surface area contributed by atoms with E-state index in [9.17, 15) is 0 Å². The largest absolute Gasteiger partial charge is 0.497 e. The highest BCUT2D eigenvalue weighted by atomic mass is 35.5. The summed E-state index contributed by atoms with van der Waals surface area (Å²) in [6.07, 6.45) is 14.6. The van der Waals surface area contributed by atoms with Crippen molar-refractivity contribution >= 4 is 17.3 Å². The molecule has 1 aliphatic heterocycles. The van der Waals surface area contributed by atoms with Gasteiger partial charge < -0.3 is 14.4 Å². The van der Waals surface area contributed by atoms with Crippen molar-refractivity contribution in [2.75, 3.05) is 25.2 Å². The Kier molecular flexibility index (Phi) is 11.4. The summed E-state index contributed by atoms with van der Waals surface area (Å²) < 4.78 is 11.9. The molecule has 1 unspecified atom stereocenters. The zero-order valence-corrected chi connectivity index (χ0v) is 21.4. The lowest BCUT2D eigenvalue weighted by molar-refractivity contribution is 0.0423. The van der Waals surface area contributed by atoms with Crippen LogP contribution in [0.4, 0.5) is 5.69 Å². The van der Waals surface area contributed by atoms with Crippen LogP contribution in [-0.2, 0) is 11.3 Å². The SMILES string of the molecule is CCCCCCCCCCCCOC1CCN(Cc2ccc(Cl)cc2)c2ccc(OC)cc21. The predicted molar refractivity (Wildman–Crippen MR) is 141 cm³/mol. The Bertz CT molecular complexity index is 808. The maximum atomic E-state index is 6.40. The highest BCUT2D eigenvalue weighted by molar-refractivity contribution is 6.30. The number of methoxy groups -OCH3 is 1. The van der Waals surface area contributed by atoms with Gasteiger partial charge in [0.25, 0.3) is 0 Å². The first kappa shape index (κ1) is 25.9. The molecular formula is C29H42ClNO2. The van der Waals surface area contributed by atoms with Gasteiger partial charge in [0, 0.05) is 36.0 Å². The number of fused-ring (bicyclic) bond motifs is 1. The molecule has 0 saturated heterocycles. The number of benzene rings is 2. The van der Waals surface area contributed by atoms with Crippen molar-refractivity contribution in [3.05, 3.63) is 58.6 Å². The van der Waals surface area contributed by atoms with E-state index in [1.165, 1.54) is 74.6 Å². The molecule has 0 spiro atoms. The minimum absolute atomic E-state index is 0.148. The van der Waals surface area contributed by atoms with Crippen LogP contribution in [0, 0.1) is 0 Å². The average Bonchev–Trinajstić information content (AvgIpc) is 2.84. The van der Waals surface area contributed by atoms with E-state index < -0.39 is 0 Å². The first-order valence-corrected chi connectivity index (χ1v) is 13.4. The summed E-state index contributed by atoms with van der Waals surface area (Å²) in [5.41, 5.74) is 3.78. The standard InChI is InChI=1S/C29H42ClNO2/c1-3-4-5-6-7-8-9-10-11-12-21-33-29-19-20-31(23-24-13-15-25(30)16-14-24)28-18-17-26(32-2)22-27(28)29/h13-18,22,29H,3-12,19-21,23H2,1-2H3. The maximum absolute atomic E-state index is 6.40. The molecule has 0 amide bonds. The van der Waals surface area contributed by atoms with Gasteiger partial charge in [0.1, 0.15) is 5.75 Å². The maximum Gasteiger partial charge on any atom is 0.119 e. The Morgan fingerprint density at radius 2 is 1.55 bits per heavy atom. The third kappa shape index (κ3) is 8.54. The number of ether oxygens (including phenoxy) is 2. The summed E-state index contributed by atoms with van der Waals surface area (Å²) in [5, 5.41) is 0.781. The number of nitrogens with zero attached hydrogens (tertiary/aromatic N) is 1. The molecule has 3 rings (SSSR count). The normalized spacial score (nSPS) is 15.5. The highest BCUT2D eigenvalue weighted by Crippen LogP contribution is 2.39. The van der Waals surface area contributed by atoms with Crippen molar-refractivity contribution in [3.8, 4) is 5.75 Å². The Labute approximate surface area is 206 Å². The second kappa shape index (κ2) is 14.5. The van der Waals surface area contributed by atoms with E-state index in [1.54, 1.807) is 7.11 Å². The van der Waals surface area contributed by atoms with Crippen LogP contribution in [0.5, 0.6) is 5.75 Å². The molecule has 1 heterocycles. The van der Waals surface area contributed by atoms with Crippen LogP contribution < -0.4 is 9.64 Å². The lowest BCUT2D eigenvalue weighted by atomic mass is 9.97. The molecule has 0 aliphatic carbocycles. The Hall–Kier alpha value is -1.71. The van der Waals surface area contributed by atoms with Gasteiger partial charge in [-0.05, 0) is 48.7 Å². The Morgan fingerprint density at radius 3 is 2.21 bits per heavy atom. The molecule has 0 aromatic heterocycles. The van der Waals surface area contributed by atoms with Gasteiger partial charge in [-0.1, -0.05) is 88.4 Å². The quantitative estimate of drug-likeness (QED) is 0.242. The lowest BCUT2D eigenvalue weighted by Gasteiger charge is -2.36. The molecule has 3 nitrogen and oxygen atoms in total. The summed E-state index contributed by atoms with van der Waals surface area (Å²) >= 11 is 6.06. The van der Waals surface area contributed by atoms with Gasteiger partial charge >= 0.3 is 0 Å². The molecule has 4 heteroatoms. The summed E-state index contributed by atoms with van der Waals surface area (Å²) in [6.45, 7) is 4.99. The molecule has 33 heavy (non-hydrogen) atoms. The van der Waals surface area contributed by atoms with Gasteiger partial charge in [0.15, 0.2) is 0 Å². The van der Waals surface area contributed by atoms with Gasteiger partial charge in [-0.15, -0.1) is 0 Å². The van der Waals surface area contributed by atoms with Crippen molar-refractivity contribution < 1.29 is 9.47 Å². The van der Waals surface area contributed by atoms with Crippen molar-refractivity contribution in [1.29, 1.82) is 0 Å². The zero-order valence-electron chi connectivity index (χ0n) is 20.7. The van der Waals surface area contributed by atoms with Crippen molar-refractivity contribution in [2.24, 2.45) is 0 Å². The third-order valence-electron chi connectivity index (χ3n) is 6.69. The van der Waals surface area contributed by atoms with E-state index in [4.69, 9.17) is 21.1 Å². The van der Waals surface area contributed by atoms with Crippen molar-refractivity contribution in [3.63, 3.8) is 0 Å². The van der Waals surface area contributed by atoms with Crippen LogP contribution in [0.3, 0.4) is 0 Å². The molecule has 1 aliphatic rings. The minimum atomic E-state index is 0.148. The molecule has 0 saturated carbocycles. The summed E-state index contributed by atoms with van der Waals surface area (Å²) in [6, 6.07) is 14.5. The van der Waals surface area contributed by atoms with Crippen LogP contribution in [0.2, 0.25) is 5.02 Å². The van der Waals surface area contributed by atoms with Gasteiger partial charge in [-0.3, -0.25) is 0 Å². The lowest BCUT2D eigenvalue weighted by Crippen LogP contribution is -2.31. The molecule has 0 fully saturated rings. The Balaban J connectivity index is 1.45. The smallest absolute Gasteiger partial charge is 0.119 e. The average molecular weight is 472 g/mol. The van der Waals surface area contributed by atoms with Gasteiger partial charge in [0.2, 0.25) is 0 Å². The number of halogens is 1. The van der Waals surface area contributed by atoms with Crippen LogP contribution in [0.25, 0.3) is 0 Å². The van der Waals surface area contributed by atoms with E-state index >= 15 is 0 Å². The fourth-order valence-electron chi connectivity index (χ4n) is 4.72. The highest BCUT2D eigenvalue weighted by Gasteiger charge is 2.26. The van der Waals surface area contributed by atoms with E-state index in [1.807, 2.05) is 12.1 Å². The van der Waals surface area contributed by atoms with E-state index in [-0.39, 0.29) is 6.10 Å². The molecule has 2 aromatic carbocycles. The fourth-order valence-corrected chi connectivity index (χ4v) is 4.84. The number of hydrogen-bond acceptors (Lipinski definition) is 3. The molecule has 1 atom stereocenters. The molecule has 0 bridgehead atoms. The topological polar surface area (TPSA) is 21.7 Å². The number of hydrogen-bond donors (Lipinski definition) is 0. The second-order valence-electron chi connectivity index (χ2n) is 9.30. The van der Waals surface area contributed by atoms with Crippen LogP contribution in [-0.4, -0.2) is 20.3 Å². The Morgan fingerprint density at radius 1 is 0.879 bits per heavy atom. The van der Waals surface area contributed by atoms with Crippen LogP contribution >= 0.6 is 11.6 Å². The summed E-state index contributed by atoms with van der Waals surface area (Å²) in [4.78, 5) is 2.44. The third-order valence-corrected chi connectivity index (χ3v) is 6.94. The van der Waals surface area contributed by atoms with Crippen molar-refractivity contribution in [2.45, 2.75) is 90.2 Å². The molecular weight excluding hydrogens is 430 g/mol. The first-order chi connectivity index (χ1) is 16.2. The summed E-state index contributed by atoms with van der Waals surface area (Å²) in [5.74, 6) is 0.898. The van der Waals surface area contributed by atoms with Gasteiger partial charge in [0.05, 0.1) is 13.2 Å². The first-order valence-electron chi connectivity index (χ1n) is 13.0. The van der Waals surface area contributed by atoms with Crippen molar-refractivity contribution in [1.82, 2.24) is 0 Å². The van der Waals surface area contributed by atoms with Crippen LogP contribution in [0.1, 0.15) is 94.8 Å². The fraction of sp³-hybridized carbons (Fsp3) is 0.586. The summed E-state index contributed by atoms with van der Waals surface area (Å²) in [7, 11) is 1.73. The number of anilines is 1. The van der Waals surface area contributed by atoms with Gasteiger partial charge in [-0.2, -0.15) is 0 Å². The van der Waals surface area contributed by atoms with Gasteiger partial charge in [-0.25, -0.2) is 0 Å².